The summed E-state index contributed by atoms with van der Waals surface area (Å²) < 4.78 is 11.6. The van der Waals surface area contributed by atoms with Crippen LogP contribution >= 0.6 is 0 Å². The molecule has 5 heteroatoms. The van der Waals surface area contributed by atoms with Gasteiger partial charge in [0.15, 0.2) is 8.32 Å². The van der Waals surface area contributed by atoms with E-state index in [-0.39, 0.29) is 5.04 Å². The van der Waals surface area contributed by atoms with Crippen LogP contribution in [0.4, 0.5) is 0 Å². The minimum atomic E-state index is -1.73. The lowest BCUT2D eigenvalue weighted by Gasteiger charge is -2.35. The second-order valence-corrected chi connectivity index (χ2v) is 11.4. The maximum Gasteiger partial charge on any atom is 0.195 e. The van der Waals surface area contributed by atoms with Crippen molar-refractivity contribution < 1.29 is 9.16 Å². The smallest absolute Gasteiger partial charge is 0.195 e. The number of hydrogen-bond donors (Lipinski definition) is 1. The van der Waals surface area contributed by atoms with Crippen LogP contribution in [0, 0.1) is 0 Å². The molecule has 0 unspecified atom stereocenters. The Balaban J connectivity index is 1.84. The third-order valence-corrected chi connectivity index (χ3v) is 8.44. The summed E-state index contributed by atoms with van der Waals surface area (Å²) >= 11 is 0. The van der Waals surface area contributed by atoms with Gasteiger partial charge in [-0.15, -0.1) is 0 Å². The van der Waals surface area contributed by atoms with Gasteiger partial charge in [0.1, 0.15) is 19.2 Å². The molecule has 110 valence electrons. The first-order valence-electron chi connectivity index (χ1n) is 6.95. The van der Waals surface area contributed by atoms with Gasteiger partial charge in [-0.1, -0.05) is 32.9 Å². The monoisotopic (exact) mass is 292 g/mol. The van der Waals surface area contributed by atoms with Crippen molar-refractivity contribution >= 4 is 19.4 Å². The highest BCUT2D eigenvalue weighted by Gasteiger charge is 2.37. The number of ether oxygens (including phenoxy) is 1. The lowest BCUT2D eigenvalue weighted by molar-refractivity contribution is -0.00556. The van der Waals surface area contributed by atoms with Gasteiger partial charge in [0, 0.05) is 0 Å². The van der Waals surface area contributed by atoms with E-state index in [0.29, 0.717) is 13.4 Å². The van der Waals surface area contributed by atoms with Crippen LogP contribution in [0.5, 0.6) is 0 Å². The minimum absolute atomic E-state index is 0.204. The molecule has 1 heterocycles. The van der Waals surface area contributed by atoms with Gasteiger partial charge in [-0.25, -0.2) is 4.98 Å². The van der Waals surface area contributed by atoms with E-state index < -0.39 is 8.32 Å². The van der Waals surface area contributed by atoms with E-state index in [2.05, 4.69) is 43.8 Å². The molecule has 2 rings (SSSR count). The molecular formula is C15H24N2O2Si. The van der Waals surface area contributed by atoms with Crippen LogP contribution < -0.4 is 0 Å². The van der Waals surface area contributed by atoms with Crippen LogP contribution in [0.15, 0.2) is 24.3 Å². The summed E-state index contributed by atoms with van der Waals surface area (Å²) in [6.07, 6.45) is 0. The zero-order chi connectivity index (χ0) is 14.8. The van der Waals surface area contributed by atoms with Crippen LogP contribution in [-0.2, 0) is 15.8 Å². The summed E-state index contributed by atoms with van der Waals surface area (Å²) in [6, 6.07) is 7.97. The van der Waals surface area contributed by atoms with Crippen LogP contribution in [0.25, 0.3) is 11.0 Å². The molecule has 1 N–H and O–H groups in total. The summed E-state index contributed by atoms with van der Waals surface area (Å²) in [5, 5.41) is 0.204. The number of imidazole rings is 1. The van der Waals surface area contributed by atoms with Gasteiger partial charge in [0.25, 0.3) is 0 Å². The Kier molecular flexibility index (Phi) is 4.32. The molecule has 20 heavy (non-hydrogen) atoms. The Morgan fingerprint density at radius 3 is 2.55 bits per heavy atom. The van der Waals surface area contributed by atoms with Gasteiger partial charge in [0.2, 0.25) is 0 Å². The van der Waals surface area contributed by atoms with E-state index in [4.69, 9.17) is 9.16 Å². The van der Waals surface area contributed by atoms with Gasteiger partial charge in [-0.3, -0.25) is 0 Å². The molecule has 0 fully saturated rings. The summed E-state index contributed by atoms with van der Waals surface area (Å²) in [5.41, 5.74) is 2.01. The van der Waals surface area contributed by atoms with E-state index >= 15 is 0 Å². The molecule has 0 aliphatic carbocycles. The van der Waals surface area contributed by atoms with Crippen molar-refractivity contribution in [3.63, 3.8) is 0 Å². The molecule has 0 saturated heterocycles. The second-order valence-electron chi connectivity index (χ2n) is 6.57. The molecule has 0 amide bonds. The van der Waals surface area contributed by atoms with Crippen LogP contribution in [0.3, 0.4) is 0 Å². The summed E-state index contributed by atoms with van der Waals surface area (Å²) in [4.78, 5) is 7.71. The van der Waals surface area contributed by atoms with E-state index in [1.807, 2.05) is 24.3 Å². The molecule has 1 aromatic heterocycles. The number of aromatic nitrogens is 2. The summed E-state index contributed by atoms with van der Waals surface area (Å²) in [5.74, 6) is 0.838. The Morgan fingerprint density at radius 2 is 1.90 bits per heavy atom. The highest BCUT2D eigenvalue weighted by atomic mass is 28.4. The third kappa shape index (κ3) is 3.48. The number of fused-ring (bicyclic) bond motifs is 1. The quantitative estimate of drug-likeness (QED) is 0.513. The number of H-pyrrole nitrogens is 1. The summed E-state index contributed by atoms with van der Waals surface area (Å²) in [6.45, 7) is 11.9. The molecular weight excluding hydrogens is 268 g/mol. The summed E-state index contributed by atoms with van der Waals surface area (Å²) in [7, 11) is -1.73. The van der Waals surface area contributed by atoms with Gasteiger partial charge in [-0.2, -0.15) is 0 Å². The Hall–Kier alpha value is -1.17. The standard InChI is InChI=1S/C15H24N2O2Si/c1-15(2,3)20(4,5)19-11-18-10-14-16-12-8-6-7-9-13(12)17-14/h6-9H,10-11H2,1-5H3,(H,16,17). The highest BCUT2D eigenvalue weighted by molar-refractivity contribution is 6.74. The van der Waals surface area contributed by atoms with Crippen molar-refractivity contribution in [2.45, 2.75) is 45.5 Å². The molecule has 0 aliphatic heterocycles. The number of nitrogens with one attached hydrogen (secondary N) is 1. The number of hydrogen-bond acceptors (Lipinski definition) is 3. The Morgan fingerprint density at radius 1 is 1.20 bits per heavy atom. The fourth-order valence-corrected chi connectivity index (χ4v) is 2.43. The Labute approximate surface area is 121 Å². The number of aromatic amines is 1. The lowest BCUT2D eigenvalue weighted by Crippen LogP contribution is -2.41. The maximum absolute atomic E-state index is 5.96. The van der Waals surface area contributed by atoms with Gasteiger partial charge in [-0.05, 0) is 30.3 Å². The molecule has 0 bridgehead atoms. The van der Waals surface area contributed by atoms with Crippen molar-refractivity contribution in [3.05, 3.63) is 30.1 Å². The molecule has 0 aliphatic rings. The molecule has 2 aromatic rings. The van der Waals surface area contributed by atoms with Crippen LogP contribution in [0.1, 0.15) is 26.6 Å². The fraction of sp³-hybridized carbons (Fsp3) is 0.533. The van der Waals surface area contributed by atoms with E-state index in [1.54, 1.807) is 0 Å². The number of benzene rings is 1. The van der Waals surface area contributed by atoms with Crippen molar-refractivity contribution in [2.75, 3.05) is 6.79 Å². The molecule has 0 radical (unpaired) electrons. The van der Waals surface area contributed by atoms with E-state index in [1.165, 1.54) is 0 Å². The van der Waals surface area contributed by atoms with Crippen molar-refractivity contribution in [3.8, 4) is 0 Å². The van der Waals surface area contributed by atoms with E-state index in [0.717, 1.165) is 16.9 Å². The largest absolute Gasteiger partial charge is 0.395 e. The third-order valence-electron chi connectivity index (χ3n) is 3.99. The van der Waals surface area contributed by atoms with Crippen LogP contribution in [0.2, 0.25) is 18.1 Å². The topological polar surface area (TPSA) is 47.1 Å². The predicted octanol–water partition coefficient (Wildman–Crippen LogP) is 4.06. The lowest BCUT2D eigenvalue weighted by atomic mass is 10.2. The van der Waals surface area contributed by atoms with Crippen molar-refractivity contribution in [2.24, 2.45) is 0 Å². The fourth-order valence-electron chi connectivity index (χ4n) is 1.62. The molecule has 4 nitrogen and oxygen atoms in total. The van der Waals surface area contributed by atoms with Crippen LogP contribution in [-0.4, -0.2) is 25.1 Å². The maximum atomic E-state index is 5.96. The Bertz CT molecular complexity index is 540. The first-order chi connectivity index (χ1) is 9.29. The minimum Gasteiger partial charge on any atom is -0.395 e. The van der Waals surface area contributed by atoms with Gasteiger partial charge < -0.3 is 14.1 Å². The average Bonchev–Trinajstić information content (AvgIpc) is 2.76. The first-order valence-corrected chi connectivity index (χ1v) is 9.86. The first kappa shape index (κ1) is 15.2. The zero-order valence-electron chi connectivity index (χ0n) is 13.0. The highest BCUT2D eigenvalue weighted by Crippen LogP contribution is 2.36. The van der Waals surface area contributed by atoms with Crippen molar-refractivity contribution in [1.82, 2.24) is 9.97 Å². The SMILES string of the molecule is CC(C)(C)[Si](C)(C)OCOCc1nc2ccccc2[nH]1. The molecule has 0 saturated carbocycles. The molecule has 0 spiro atoms. The second kappa shape index (κ2) is 5.67. The number of para-hydroxylation sites is 2. The number of nitrogens with zero attached hydrogens (tertiary/aromatic N) is 1. The molecule has 1 aromatic carbocycles. The zero-order valence-corrected chi connectivity index (χ0v) is 14.0. The van der Waals surface area contributed by atoms with Gasteiger partial charge in [0.05, 0.1) is 11.0 Å². The number of rotatable bonds is 5. The van der Waals surface area contributed by atoms with Gasteiger partial charge >= 0.3 is 0 Å². The molecule has 0 atom stereocenters. The van der Waals surface area contributed by atoms with E-state index in [9.17, 15) is 0 Å². The average molecular weight is 292 g/mol. The normalized spacial score (nSPS) is 13.1. The van der Waals surface area contributed by atoms with Crippen molar-refractivity contribution in [1.29, 1.82) is 0 Å². The predicted molar refractivity (Wildman–Crippen MR) is 84.0 cm³/mol.